The molecule has 5 rings (SSSR count). The highest BCUT2D eigenvalue weighted by Gasteiger charge is 2.18. The molecule has 2 aliphatic heterocycles. The molecule has 4 N–H and O–H groups in total. The van der Waals surface area contributed by atoms with Gasteiger partial charge in [0.05, 0.1) is 12.7 Å². The number of amides is 1. The van der Waals surface area contributed by atoms with Crippen molar-refractivity contribution in [3.05, 3.63) is 58.9 Å². The fourth-order valence-corrected chi connectivity index (χ4v) is 4.58. The van der Waals surface area contributed by atoms with Crippen molar-refractivity contribution in [2.45, 2.75) is 19.3 Å². The SMILES string of the molecule is O=C(CN1CCNCC1)Nc1ccc2cc1CCC1C=CC=C(C1)Nc1ncc(Cl)c(n1)N2. The van der Waals surface area contributed by atoms with Crippen molar-refractivity contribution in [1.29, 1.82) is 0 Å². The molecule has 1 saturated heterocycles. The van der Waals surface area contributed by atoms with Crippen LogP contribution in [0.25, 0.3) is 0 Å². The molecule has 1 unspecified atom stereocenters. The Hall–Kier alpha value is -2.94. The molecule has 33 heavy (non-hydrogen) atoms. The number of nitrogens with one attached hydrogen (secondary N) is 4. The maximum Gasteiger partial charge on any atom is 0.238 e. The van der Waals surface area contributed by atoms with Gasteiger partial charge in [0.25, 0.3) is 0 Å². The Morgan fingerprint density at radius 1 is 1.24 bits per heavy atom. The summed E-state index contributed by atoms with van der Waals surface area (Å²) >= 11 is 6.36. The number of fused-ring (bicyclic) bond motifs is 6. The van der Waals surface area contributed by atoms with Gasteiger partial charge in [0.1, 0.15) is 5.02 Å². The summed E-state index contributed by atoms with van der Waals surface area (Å²) in [5.74, 6) is 1.47. The number of halogens is 1. The van der Waals surface area contributed by atoms with Crippen LogP contribution in [0.5, 0.6) is 0 Å². The van der Waals surface area contributed by atoms with Gasteiger partial charge in [-0.2, -0.15) is 4.98 Å². The maximum absolute atomic E-state index is 12.8. The van der Waals surface area contributed by atoms with E-state index in [9.17, 15) is 4.79 Å². The molecule has 172 valence electrons. The highest BCUT2D eigenvalue weighted by molar-refractivity contribution is 6.32. The number of benzene rings is 1. The Bertz CT molecular complexity index is 1090. The number of hydrogen-bond acceptors (Lipinski definition) is 7. The summed E-state index contributed by atoms with van der Waals surface area (Å²) in [4.78, 5) is 23.8. The molecule has 1 aromatic carbocycles. The second-order valence-electron chi connectivity index (χ2n) is 8.67. The monoisotopic (exact) mass is 465 g/mol. The number of aryl methyl sites for hydroxylation is 1. The number of rotatable bonds is 3. The van der Waals surface area contributed by atoms with Gasteiger partial charge >= 0.3 is 0 Å². The lowest BCUT2D eigenvalue weighted by Gasteiger charge is -2.26. The first-order valence-corrected chi connectivity index (χ1v) is 11.8. The molecular weight excluding hydrogens is 438 g/mol. The molecule has 1 aliphatic carbocycles. The van der Waals surface area contributed by atoms with Crippen molar-refractivity contribution in [3.63, 3.8) is 0 Å². The van der Waals surface area contributed by atoms with E-state index in [2.05, 4.69) is 60.4 Å². The van der Waals surface area contributed by atoms with Gasteiger partial charge in [-0.1, -0.05) is 23.8 Å². The molecule has 1 aromatic heterocycles. The van der Waals surface area contributed by atoms with E-state index in [4.69, 9.17) is 11.6 Å². The zero-order valence-electron chi connectivity index (χ0n) is 18.4. The number of nitrogens with zero attached hydrogens (tertiary/aromatic N) is 3. The van der Waals surface area contributed by atoms with E-state index in [1.807, 2.05) is 12.1 Å². The molecule has 3 aliphatic rings. The molecule has 6 bridgehead atoms. The zero-order valence-corrected chi connectivity index (χ0v) is 19.2. The van der Waals surface area contributed by atoms with Crippen molar-refractivity contribution in [2.75, 3.05) is 48.7 Å². The third-order valence-corrected chi connectivity index (χ3v) is 6.46. The van der Waals surface area contributed by atoms with Crippen LogP contribution < -0.4 is 21.3 Å². The molecule has 1 atom stereocenters. The van der Waals surface area contributed by atoms with Gasteiger partial charge in [-0.15, -0.1) is 0 Å². The van der Waals surface area contributed by atoms with Crippen molar-refractivity contribution < 1.29 is 4.79 Å². The van der Waals surface area contributed by atoms with Gasteiger partial charge in [0.2, 0.25) is 11.9 Å². The first kappa shape index (κ1) is 21.9. The second-order valence-corrected chi connectivity index (χ2v) is 9.07. The van der Waals surface area contributed by atoms with Crippen molar-refractivity contribution in [1.82, 2.24) is 20.2 Å². The normalized spacial score (nSPS) is 20.3. The van der Waals surface area contributed by atoms with Crippen molar-refractivity contribution in [3.8, 4) is 0 Å². The third kappa shape index (κ3) is 5.52. The van der Waals surface area contributed by atoms with Crippen LogP contribution in [0.2, 0.25) is 5.02 Å². The lowest BCUT2D eigenvalue weighted by atomic mass is 9.91. The minimum Gasteiger partial charge on any atom is -0.339 e. The predicted octanol–water partition coefficient (Wildman–Crippen LogP) is 3.54. The summed E-state index contributed by atoms with van der Waals surface area (Å²) in [5, 5.41) is 13.5. The van der Waals surface area contributed by atoms with E-state index in [-0.39, 0.29) is 5.91 Å². The Balaban J connectivity index is 1.41. The zero-order chi connectivity index (χ0) is 22.6. The van der Waals surface area contributed by atoms with Crippen LogP contribution in [0.3, 0.4) is 0 Å². The molecule has 0 radical (unpaired) electrons. The number of carbonyl (C=O) groups excluding carboxylic acids is 1. The van der Waals surface area contributed by atoms with Gasteiger partial charge in [-0.25, -0.2) is 4.98 Å². The molecule has 0 spiro atoms. The highest BCUT2D eigenvalue weighted by Crippen LogP contribution is 2.31. The summed E-state index contributed by atoms with van der Waals surface area (Å²) < 4.78 is 0. The minimum absolute atomic E-state index is 0.0206. The molecule has 1 fully saturated rings. The largest absolute Gasteiger partial charge is 0.339 e. The van der Waals surface area contributed by atoms with Crippen LogP contribution in [0.1, 0.15) is 18.4 Å². The fraction of sp³-hybridized carbons (Fsp3) is 0.375. The fourth-order valence-electron chi connectivity index (χ4n) is 4.44. The summed E-state index contributed by atoms with van der Waals surface area (Å²) in [5.41, 5.74) is 3.90. The summed E-state index contributed by atoms with van der Waals surface area (Å²) in [6, 6.07) is 5.98. The molecule has 3 heterocycles. The number of piperazine rings is 1. The number of carbonyl (C=O) groups is 1. The van der Waals surface area contributed by atoms with E-state index in [0.717, 1.165) is 68.1 Å². The van der Waals surface area contributed by atoms with Gasteiger partial charge in [0.15, 0.2) is 5.82 Å². The highest BCUT2D eigenvalue weighted by atomic mass is 35.5. The van der Waals surface area contributed by atoms with Crippen LogP contribution in [-0.4, -0.2) is 53.5 Å². The Labute approximate surface area is 198 Å². The van der Waals surface area contributed by atoms with E-state index in [1.165, 1.54) is 0 Å². The van der Waals surface area contributed by atoms with Crippen molar-refractivity contribution >= 4 is 40.6 Å². The van der Waals surface area contributed by atoms with Crippen LogP contribution in [-0.2, 0) is 11.2 Å². The predicted molar refractivity (Wildman–Crippen MR) is 132 cm³/mol. The third-order valence-electron chi connectivity index (χ3n) is 6.18. The van der Waals surface area contributed by atoms with Crippen LogP contribution >= 0.6 is 11.6 Å². The minimum atomic E-state index is 0.0206. The number of allylic oxidation sites excluding steroid dienone is 4. The summed E-state index contributed by atoms with van der Waals surface area (Å²) in [6.45, 7) is 4.04. The quantitative estimate of drug-likeness (QED) is 0.550. The lowest BCUT2D eigenvalue weighted by Crippen LogP contribution is -2.46. The smallest absolute Gasteiger partial charge is 0.238 e. The molecule has 8 nitrogen and oxygen atoms in total. The van der Waals surface area contributed by atoms with E-state index in [0.29, 0.717) is 29.3 Å². The van der Waals surface area contributed by atoms with E-state index >= 15 is 0 Å². The van der Waals surface area contributed by atoms with Crippen LogP contribution in [0.15, 0.2) is 48.3 Å². The first-order chi connectivity index (χ1) is 16.1. The molecular formula is C24H28ClN7O. The standard InChI is InChI=1S/C24H28ClN7O/c25-20-14-27-24-29-18-3-1-2-16(12-18)4-5-17-13-19(28-23(20)31-24)6-7-21(17)30-22(33)15-32-10-8-26-9-11-32/h1-3,6-7,13-14,16,26H,4-5,8-12,15H2,(H,30,33)(H2,27,28,29,31). The average molecular weight is 466 g/mol. The van der Waals surface area contributed by atoms with E-state index in [1.54, 1.807) is 6.20 Å². The number of aromatic nitrogens is 2. The number of hydrogen-bond donors (Lipinski definition) is 4. The van der Waals surface area contributed by atoms with Crippen LogP contribution in [0.4, 0.5) is 23.1 Å². The van der Waals surface area contributed by atoms with E-state index < -0.39 is 0 Å². The average Bonchev–Trinajstić information content (AvgIpc) is 2.82. The molecule has 0 saturated carbocycles. The second kappa shape index (κ2) is 9.91. The van der Waals surface area contributed by atoms with Crippen LogP contribution in [0, 0.1) is 5.92 Å². The number of anilines is 4. The maximum atomic E-state index is 12.8. The van der Waals surface area contributed by atoms with Gasteiger partial charge in [-0.05, 0) is 55.0 Å². The first-order valence-electron chi connectivity index (χ1n) is 11.4. The Kier molecular flexibility index (Phi) is 6.57. The summed E-state index contributed by atoms with van der Waals surface area (Å²) in [7, 11) is 0. The van der Waals surface area contributed by atoms with Gasteiger partial charge < -0.3 is 21.3 Å². The van der Waals surface area contributed by atoms with Gasteiger partial charge in [0, 0.05) is 43.3 Å². The molecule has 2 aromatic rings. The molecule has 9 heteroatoms. The van der Waals surface area contributed by atoms with Gasteiger partial charge in [-0.3, -0.25) is 9.69 Å². The summed E-state index contributed by atoms with van der Waals surface area (Å²) in [6.07, 6.45) is 10.7. The Morgan fingerprint density at radius 3 is 3.00 bits per heavy atom. The Morgan fingerprint density at radius 2 is 2.12 bits per heavy atom. The molecule has 1 amide bonds. The topological polar surface area (TPSA) is 94.2 Å². The van der Waals surface area contributed by atoms with Crippen molar-refractivity contribution in [2.24, 2.45) is 5.92 Å². The lowest BCUT2D eigenvalue weighted by molar-refractivity contribution is -0.117.